The third-order valence-electron chi connectivity index (χ3n) is 2.09. The molecule has 5 heteroatoms. The predicted octanol–water partition coefficient (Wildman–Crippen LogP) is 1.35. The van der Waals surface area contributed by atoms with E-state index in [1.807, 2.05) is 0 Å². The van der Waals surface area contributed by atoms with E-state index in [2.05, 4.69) is 4.99 Å². The number of rotatable bonds is 5. The molecule has 0 aliphatic rings. The fourth-order valence-electron chi connectivity index (χ4n) is 1.30. The van der Waals surface area contributed by atoms with Crippen molar-refractivity contribution in [2.24, 2.45) is 4.99 Å². The second-order valence-electron chi connectivity index (χ2n) is 2.93. The van der Waals surface area contributed by atoms with E-state index in [1.165, 1.54) is 20.3 Å². The Morgan fingerprint density at radius 3 is 2.44 bits per heavy atom. The number of methoxy groups -OCH3 is 2. The van der Waals surface area contributed by atoms with Crippen LogP contribution >= 0.6 is 0 Å². The van der Waals surface area contributed by atoms with Crippen LogP contribution in [0.5, 0.6) is 11.5 Å². The quantitative estimate of drug-likeness (QED) is 0.427. The molecule has 0 bridgehead atoms. The summed E-state index contributed by atoms with van der Waals surface area (Å²) in [5.41, 5.74) is 1.01. The Labute approximate surface area is 92.7 Å². The molecule has 0 fully saturated rings. The van der Waals surface area contributed by atoms with E-state index in [0.717, 1.165) is 0 Å². The first-order chi connectivity index (χ1) is 7.76. The fraction of sp³-hybridized carbons (Fsp3) is 0.273. The highest BCUT2D eigenvalue weighted by molar-refractivity contribution is 5.79. The third kappa shape index (κ3) is 2.46. The number of nitrogens with zero attached hydrogens (tertiary/aromatic N) is 1. The molecule has 0 spiro atoms. The predicted molar refractivity (Wildman–Crippen MR) is 56.8 cm³/mol. The highest BCUT2D eigenvalue weighted by atomic mass is 16.5. The Kier molecular flexibility index (Phi) is 4.24. The molecule has 0 saturated carbocycles. The van der Waals surface area contributed by atoms with E-state index in [9.17, 15) is 9.59 Å². The zero-order valence-electron chi connectivity index (χ0n) is 9.02. The van der Waals surface area contributed by atoms with E-state index in [-0.39, 0.29) is 6.54 Å². The Hall–Kier alpha value is -2.13. The summed E-state index contributed by atoms with van der Waals surface area (Å²) in [6.07, 6.45) is 2.10. The van der Waals surface area contributed by atoms with Gasteiger partial charge in [-0.05, 0) is 17.7 Å². The summed E-state index contributed by atoms with van der Waals surface area (Å²) in [5, 5.41) is 0. The maximum Gasteiger partial charge on any atom is 0.235 e. The number of aldehydes is 1. The first-order valence-electron chi connectivity index (χ1n) is 4.50. The van der Waals surface area contributed by atoms with Crippen molar-refractivity contribution in [3.63, 3.8) is 0 Å². The lowest BCUT2D eigenvalue weighted by Gasteiger charge is -2.10. The van der Waals surface area contributed by atoms with Crippen LogP contribution < -0.4 is 9.47 Å². The smallest absolute Gasteiger partial charge is 0.235 e. The molecule has 0 aliphatic carbocycles. The Bertz CT molecular complexity index is 436. The molecule has 0 heterocycles. The summed E-state index contributed by atoms with van der Waals surface area (Å²) in [7, 11) is 2.97. The van der Waals surface area contributed by atoms with Crippen molar-refractivity contribution in [3.05, 3.63) is 23.3 Å². The molecular weight excluding hydrogens is 210 g/mol. The van der Waals surface area contributed by atoms with Crippen molar-refractivity contribution in [1.29, 1.82) is 0 Å². The van der Waals surface area contributed by atoms with Crippen molar-refractivity contribution in [2.45, 2.75) is 6.54 Å². The molecule has 0 aromatic heterocycles. The van der Waals surface area contributed by atoms with Gasteiger partial charge in [-0.25, -0.2) is 9.79 Å². The van der Waals surface area contributed by atoms with Crippen LogP contribution in [0.25, 0.3) is 0 Å². The summed E-state index contributed by atoms with van der Waals surface area (Å²) < 4.78 is 10.1. The zero-order chi connectivity index (χ0) is 12.0. The van der Waals surface area contributed by atoms with Gasteiger partial charge in [-0.2, -0.15) is 0 Å². The second-order valence-corrected chi connectivity index (χ2v) is 2.93. The fourth-order valence-corrected chi connectivity index (χ4v) is 1.30. The number of ether oxygens (including phenoxy) is 2. The minimum Gasteiger partial charge on any atom is -0.493 e. The lowest BCUT2D eigenvalue weighted by Crippen LogP contribution is -1.97. The van der Waals surface area contributed by atoms with Gasteiger partial charge in [0, 0.05) is 5.56 Å². The van der Waals surface area contributed by atoms with Gasteiger partial charge in [-0.1, -0.05) is 0 Å². The minimum atomic E-state index is 0.0952. The number of carbonyl (C=O) groups is 1. The first kappa shape index (κ1) is 11.9. The third-order valence-corrected chi connectivity index (χ3v) is 2.09. The Balaban J connectivity index is 3.24. The van der Waals surface area contributed by atoms with Gasteiger partial charge in [-0.3, -0.25) is 4.79 Å². The molecule has 0 aliphatic heterocycles. The topological polar surface area (TPSA) is 65.0 Å². The molecule has 1 rings (SSSR count). The molecular formula is C11H11NO4. The van der Waals surface area contributed by atoms with E-state index in [4.69, 9.17) is 9.47 Å². The van der Waals surface area contributed by atoms with Gasteiger partial charge >= 0.3 is 0 Å². The van der Waals surface area contributed by atoms with Gasteiger partial charge in [-0.15, -0.1) is 0 Å². The maximum absolute atomic E-state index is 10.8. The lowest BCUT2D eigenvalue weighted by molar-refractivity contribution is 0.112. The van der Waals surface area contributed by atoms with Crippen LogP contribution in [0, 0.1) is 0 Å². The number of carbonyl (C=O) groups excluding carboxylic acids is 2. The average molecular weight is 221 g/mol. The second kappa shape index (κ2) is 5.68. The monoisotopic (exact) mass is 221 g/mol. The lowest BCUT2D eigenvalue weighted by atomic mass is 10.1. The van der Waals surface area contributed by atoms with Crippen LogP contribution in [0.1, 0.15) is 15.9 Å². The summed E-state index contributed by atoms with van der Waals surface area (Å²) in [6.45, 7) is 0.0952. The van der Waals surface area contributed by atoms with Crippen LogP contribution in [0.2, 0.25) is 0 Å². The van der Waals surface area contributed by atoms with Gasteiger partial charge in [0.15, 0.2) is 17.8 Å². The molecule has 1 aromatic carbocycles. The Morgan fingerprint density at radius 2 is 1.94 bits per heavy atom. The maximum atomic E-state index is 10.8. The SMILES string of the molecule is COc1cc(C=O)c(CN=C=O)cc1OC. The van der Waals surface area contributed by atoms with Crippen molar-refractivity contribution in [2.75, 3.05) is 14.2 Å². The minimum absolute atomic E-state index is 0.0952. The molecule has 16 heavy (non-hydrogen) atoms. The zero-order valence-corrected chi connectivity index (χ0v) is 9.02. The first-order valence-corrected chi connectivity index (χ1v) is 4.50. The van der Waals surface area contributed by atoms with Crippen LogP contribution in [-0.2, 0) is 11.3 Å². The van der Waals surface area contributed by atoms with Crippen molar-refractivity contribution < 1.29 is 19.1 Å². The molecule has 5 nitrogen and oxygen atoms in total. The van der Waals surface area contributed by atoms with Crippen molar-refractivity contribution >= 4 is 12.4 Å². The van der Waals surface area contributed by atoms with Gasteiger partial charge < -0.3 is 9.47 Å². The normalized spacial score (nSPS) is 9.12. The molecule has 0 amide bonds. The Morgan fingerprint density at radius 1 is 1.31 bits per heavy atom. The summed E-state index contributed by atoms with van der Waals surface area (Å²) >= 11 is 0. The van der Waals surface area contributed by atoms with Crippen LogP contribution in [0.4, 0.5) is 0 Å². The van der Waals surface area contributed by atoms with E-state index >= 15 is 0 Å². The van der Waals surface area contributed by atoms with E-state index in [1.54, 1.807) is 12.1 Å². The summed E-state index contributed by atoms with van der Waals surface area (Å²) in [5.74, 6) is 0.952. The molecule has 0 unspecified atom stereocenters. The average Bonchev–Trinajstić information content (AvgIpc) is 2.35. The summed E-state index contributed by atoms with van der Waals surface area (Å²) in [6, 6.07) is 3.16. The van der Waals surface area contributed by atoms with Crippen molar-refractivity contribution in [3.8, 4) is 11.5 Å². The molecule has 0 N–H and O–H groups in total. The standard InChI is InChI=1S/C11H11NO4/c1-15-10-3-8(5-12-7-14)9(6-13)4-11(10)16-2/h3-4,6H,5H2,1-2H3. The molecule has 84 valence electrons. The molecule has 0 radical (unpaired) electrons. The largest absolute Gasteiger partial charge is 0.493 e. The summed E-state index contributed by atoms with van der Waals surface area (Å²) in [4.78, 5) is 24.3. The number of aliphatic imine (C=N–C) groups is 1. The number of hydrogen-bond donors (Lipinski definition) is 0. The molecule has 0 atom stereocenters. The van der Waals surface area contributed by atoms with Crippen LogP contribution in [0.3, 0.4) is 0 Å². The highest BCUT2D eigenvalue weighted by Gasteiger charge is 2.10. The van der Waals surface area contributed by atoms with Crippen molar-refractivity contribution in [1.82, 2.24) is 0 Å². The van der Waals surface area contributed by atoms with E-state index < -0.39 is 0 Å². The van der Waals surface area contributed by atoms with E-state index in [0.29, 0.717) is 28.9 Å². The van der Waals surface area contributed by atoms with Gasteiger partial charge in [0.25, 0.3) is 0 Å². The molecule has 0 saturated heterocycles. The van der Waals surface area contributed by atoms with Gasteiger partial charge in [0.05, 0.1) is 20.8 Å². The number of benzene rings is 1. The number of isocyanates is 1. The van der Waals surface area contributed by atoms with Gasteiger partial charge in [0.2, 0.25) is 6.08 Å². The number of hydrogen-bond acceptors (Lipinski definition) is 5. The highest BCUT2D eigenvalue weighted by Crippen LogP contribution is 2.30. The van der Waals surface area contributed by atoms with Crippen LogP contribution in [-0.4, -0.2) is 26.6 Å². The van der Waals surface area contributed by atoms with Gasteiger partial charge in [0.1, 0.15) is 0 Å². The van der Waals surface area contributed by atoms with Crippen LogP contribution in [0.15, 0.2) is 17.1 Å². The molecule has 1 aromatic rings.